The molecule has 0 aliphatic carbocycles. The number of rotatable bonds is 5. The molecule has 2 aliphatic heterocycles. The molecule has 2 fully saturated rings. The maximum Gasteiger partial charge on any atom is 0.325 e. The first-order chi connectivity index (χ1) is 12.4. The second-order valence-corrected chi connectivity index (χ2v) is 6.61. The van der Waals surface area contributed by atoms with Crippen LogP contribution >= 0.6 is 12.4 Å². The molecule has 146 valence electrons. The molecule has 9 heteroatoms. The number of amides is 4. The van der Waals surface area contributed by atoms with Crippen LogP contribution in [-0.4, -0.2) is 58.4 Å². The van der Waals surface area contributed by atoms with E-state index < -0.39 is 35.3 Å². The molecule has 27 heavy (non-hydrogen) atoms. The van der Waals surface area contributed by atoms with Crippen molar-refractivity contribution in [3.8, 4) is 0 Å². The van der Waals surface area contributed by atoms with Gasteiger partial charge in [0.15, 0.2) is 0 Å². The van der Waals surface area contributed by atoms with Gasteiger partial charge in [-0.1, -0.05) is 37.3 Å². The van der Waals surface area contributed by atoms with Gasteiger partial charge in [0.1, 0.15) is 12.1 Å². The fourth-order valence-corrected chi connectivity index (χ4v) is 3.56. The van der Waals surface area contributed by atoms with E-state index in [1.54, 1.807) is 31.2 Å². The van der Waals surface area contributed by atoms with Crippen molar-refractivity contribution in [2.75, 3.05) is 19.6 Å². The van der Waals surface area contributed by atoms with Crippen LogP contribution in [0.2, 0.25) is 0 Å². The quantitative estimate of drug-likeness (QED) is 0.728. The van der Waals surface area contributed by atoms with E-state index in [9.17, 15) is 19.2 Å². The molecule has 2 atom stereocenters. The van der Waals surface area contributed by atoms with E-state index in [4.69, 9.17) is 5.11 Å². The molecular formula is C18H22ClN3O5. The Hall–Kier alpha value is -2.61. The third kappa shape index (κ3) is 3.62. The normalized spacial score (nSPS) is 24.6. The highest BCUT2D eigenvalue weighted by Crippen LogP contribution is 2.32. The number of likely N-dealkylation sites (tertiary alicyclic amines) is 1. The Morgan fingerprint density at radius 1 is 1.26 bits per heavy atom. The predicted molar refractivity (Wildman–Crippen MR) is 98.2 cm³/mol. The molecule has 2 N–H and O–H groups in total. The van der Waals surface area contributed by atoms with Crippen LogP contribution in [0.3, 0.4) is 0 Å². The van der Waals surface area contributed by atoms with E-state index in [2.05, 4.69) is 5.32 Å². The molecule has 8 nitrogen and oxygen atoms in total. The van der Waals surface area contributed by atoms with Gasteiger partial charge in [0.2, 0.25) is 5.91 Å². The largest absolute Gasteiger partial charge is 0.481 e. The summed E-state index contributed by atoms with van der Waals surface area (Å²) in [6, 6.07) is 8.33. The molecule has 0 spiro atoms. The van der Waals surface area contributed by atoms with Crippen molar-refractivity contribution < 1.29 is 24.3 Å². The average Bonchev–Trinajstić information content (AvgIpc) is 3.22. The molecule has 3 rings (SSSR count). The van der Waals surface area contributed by atoms with Gasteiger partial charge in [0.25, 0.3) is 5.91 Å². The number of hydrogen-bond acceptors (Lipinski definition) is 4. The van der Waals surface area contributed by atoms with Crippen molar-refractivity contribution in [1.29, 1.82) is 0 Å². The van der Waals surface area contributed by atoms with Crippen LogP contribution in [0, 0.1) is 5.92 Å². The summed E-state index contributed by atoms with van der Waals surface area (Å²) in [7, 11) is 0. The molecule has 2 saturated heterocycles. The summed E-state index contributed by atoms with van der Waals surface area (Å²) in [6.45, 7) is 1.84. The second kappa shape index (κ2) is 7.96. The molecule has 0 radical (unpaired) electrons. The van der Waals surface area contributed by atoms with E-state index in [0.29, 0.717) is 24.9 Å². The molecule has 0 bridgehead atoms. The monoisotopic (exact) mass is 395 g/mol. The number of aliphatic carboxylic acids is 1. The minimum absolute atomic E-state index is 0. The number of nitrogens with zero attached hydrogens (tertiary/aromatic N) is 2. The van der Waals surface area contributed by atoms with Gasteiger partial charge >= 0.3 is 12.0 Å². The lowest BCUT2D eigenvalue weighted by molar-refractivity contribution is -0.142. The minimum Gasteiger partial charge on any atom is -0.481 e. The lowest BCUT2D eigenvalue weighted by atomic mass is 9.87. The summed E-state index contributed by atoms with van der Waals surface area (Å²) >= 11 is 0. The highest BCUT2D eigenvalue weighted by Gasteiger charge is 2.52. The summed E-state index contributed by atoms with van der Waals surface area (Å²) < 4.78 is 0. The number of halogens is 1. The zero-order chi connectivity index (χ0) is 18.9. The summed E-state index contributed by atoms with van der Waals surface area (Å²) in [5, 5.41) is 11.8. The van der Waals surface area contributed by atoms with Gasteiger partial charge in [0, 0.05) is 13.1 Å². The molecule has 2 unspecified atom stereocenters. The van der Waals surface area contributed by atoms with Gasteiger partial charge in [-0.25, -0.2) is 4.79 Å². The number of benzene rings is 1. The molecular weight excluding hydrogens is 374 g/mol. The maximum absolute atomic E-state index is 13.0. The van der Waals surface area contributed by atoms with Crippen molar-refractivity contribution >= 4 is 36.2 Å². The summed E-state index contributed by atoms with van der Waals surface area (Å²) in [5.41, 5.74) is -0.504. The molecule has 0 aromatic heterocycles. The number of hydrogen-bond donors (Lipinski definition) is 2. The number of carboxylic acid groups (broad SMARTS) is 1. The SMILES string of the molecule is CCC1(c2ccccc2)NC(=O)N(CC(=O)N2CCC(C(=O)O)C2)C1=O.Cl. The first kappa shape index (κ1) is 20.7. The summed E-state index contributed by atoms with van der Waals surface area (Å²) in [4.78, 5) is 51.2. The number of carbonyl (C=O) groups is 4. The third-order valence-corrected chi connectivity index (χ3v) is 5.16. The standard InChI is InChI=1S/C18H21N3O5.ClH/c1-2-18(13-6-4-3-5-7-13)16(25)21(17(26)19-18)11-14(22)20-9-8-12(10-20)15(23)24;/h3-7,12H,2,8-11H2,1H3,(H,19,26)(H,23,24);1H. The minimum atomic E-state index is -1.17. The van der Waals surface area contributed by atoms with Crippen molar-refractivity contribution in [2.24, 2.45) is 5.92 Å². The molecule has 1 aromatic rings. The van der Waals surface area contributed by atoms with Crippen LogP contribution in [0.25, 0.3) is 0 Å². The van der Waals surface area contributed by atoms with Gasteiger partial charge in [0.05, 0.1) is 5.92 Å². The lowest BCUT2D eigenvalue weighted by Gasteiger charge is -2.26. The van der Waals surface area contributed by atoms with Crippen molar-refractivity contribution in [3.05, 3.63) is 35.9 Å². The molecule has 2 heterocycles. The zero-order valence-corrected chi connectivity index (χ0v) is 15.7. The fraction of sp³-hybridized carbons (Fsp3) is 0.444. The van der Waals surface area contributed by atoms with Crippen LogP contribution in [0.15, 0.2) is 30.3 Å². The summed E-state index contributed by atoms with van der Waals surface area (Å²) in [6.07, 6.45) is 0.737. The Bertz CT molecular complexity index is 757. The molecule has 2 aliphatic rings. The molecule has 0 saturated carbocycles. The Balaban J connectivity index is 0.00000261. The highest BCUT2D eigenvalue weighted by molar-refractivity contribution is 6.09. The van der Waals surface area contributed by atoms with Crippen LogP contribution in [0.5, 0.6) is 0 Å². The van der Waals surface area contributed by atoms with Crippen LogP contribution in [-0.2, 0) is 19.9 Å². The summed E-state index contributed by atoms with van der Waals surface area (Å²) in [5.74, 6) is -2.42. The highest BCUT2D eigenvalue weighted by atomic mass is 35.5. The topological polar surface area (TPSA) is 107 Å². The fourth-order valence-electron chi connectivity index (χ4n) is 3.56. The Morgan fingerprint density at radius 2 is 1.93 bits per heavy atom. The van der Waals surface area contributed by atoms with Crippen molar-refractivity contribution in [2.45, 2.75) is 25.3 Å². The number of urea groups is 1. The van der Waals surface area contributed by atoms with Crippen LogP contribution in [0.1, 0.15) is 25.3 Å². The van der Waals surface area contributed by atoms with E-state index in [1.165, 1.54) is 4.90 Å². The Kier molecular flexibility index (Phi) is 6.10. The Morgan fingerprint density at radius 3 is 2.48 bits per heavy atom. The van der Waals surface area contributed by atoms with E-state index in [1.807, 2.05) is 6.07 Å². The first-order valence-corrected chi connectivity index (χ1v) is 8.59. The van der Waals surface area contributed by atoms with E-state index in [-0.39, 0.29) is 25.5 Å². The van der Waals surface area contributed by atoms with E-state index >= 15 is 0 Å². The van der Waals surface area contributed by atoms with Crippen LogP contribution in [0.4, 0.5) is 4.79 Å². The maximum atomic E-state index is 13.0. The van der Waals surface area contributed by atoms with Gasteiger partial charge in [-0.05, 0) is 18.4 Å². The number of carbonyl (C=O) groups excluding carboxylic acids is 3. The molecule has 4 amide bonds. The van der Waals surface area contributed by atoms with Gasteiger partial charge < -0.3 is 15.3 Å². The van der Waals surface area contributed by atoms with E-state index in [0.717, 1.165) is 4.90 Å². The molecule has 1 aromatic carbocycles. The number of carboxylic acids is 1. The lowest BCUT2D eigenvalue weighted by Crippen LogP contribution is -2.45. The second-order valence-electron chi connectivity index (χ2n) is 6.61. The van der Waals surface area contributed by atoms with Gasteiger partial charge in [-0.3, -0.25) is 19.3 Å². The average molecular weight is 396 g/mol. The predicted octanol–water partition coefficient (Wildman–Crippen LogP) is 1.20. The van der Waals surface area contributed by atoms with Crippen LogP contribution < -0.4 is 5.32 Å². The number of imide groups is 1. The third-order valence-electron chi connectivity index (χ3n) is 5.16. The Labute approximate surface area is 162 Å². The van der Waals surface area contributed by atoms with Gasteiger partial charge in [-0.15, -0.1) is 12.4 Å². The smallest absolute Gasteiger partial charge is 0.325 e. The van der Waals surface area contributed by atoms with Crippen molar-refractivity contribution in [1.82, 2.24) is 15.1 Å². The number of nitrogens with one attached hydrogen (secondary N) is 1. The zero-order valence-electron chi connectivity index (χ0n) is 14.9. The van der Waals surface area contributed by atoms with Gasteiger partial charge in [-0.2, -0.15) is 0 Å². The first-order valence-electron chi connectivity index (χ1n) is 8.59. The van der Waals surface area contributed by atoms with Crippen molar-refractivity contribution in [3.63, 3.8) is 0 Å².